The highest BCUT2D eigenvalue weighted by Crippen LogP contribution is 2.54. The average molecular weight is 326 g/mol. The molecule has 0 bridgehead atoms. The first-order valence-electron chi connectivity index (χ1n) is 6.51. The van der Waals surface area contributed by atoms with Gasteiger partial charge in [-0.05, 0) is 24.0 Å². The second-order valence-electron chi connectivity index (χ2n) is 5.16. The third-order valence-electron chi connectivity index (χ3n) is 3.68. The summed E-state index contributed by atoms with van der Waals surface area (Å²) in [6, 6.07) is 0. The Labute approximate surface area is 125 Å². The Balaban J connectivity index is 1.99. The summed E-state index contributed by atoms with van der Waals surface area (Å²) in [5, 5.41) is 3.76. The molecule has 7 nitrogen and oxygen atoms in total. The van der Waals surface area contributed by atoms with Gasteiger partial charge in [-0.2, -0.15) is 18.3 Å². The normalized spacial score (nSPS) is 23.5. The number of allylic oxidation sites excluding steroid dienone is 2. The Morgan fingerprint density at radius 1 is 1.30 bits per heavy atom. The fraction of sp³-hybridized carbons (Fsp3) is 0.308. The van der Waals surface area contributed by atoms with Crippen LogP contribution in [0.5, 0.6) is 0 Å². The van der Waals surface area contributed by atoms with Gasteiger partial charge in [0.05, 0.1) is 17.2 Å². The van der Waals surface area contributed by atoms with Crippen LogP contribution in [0.15, 0.2) is 38.2 Å². The quantitative estimate of drug-likeness (QED) is 0.675. The van der Waals surface area contributed by atoms with Crippen LogP contribution in [0.2, 0.25) is 0 Å². The zero-order valence-corrected chi connectivity index (χ0v) is 11.3. The molecule has 23 heavy (non-hydrogen) atoms. The predicted octanol–water partition coefficient (Wildman–Crippen LogP) is 0.211. The molecule has 0 aromatic carbocycles. The van der Waals surface area contributed by atoms with Crippen molar-refractivity contribution in [2.45, 2.75) is 12.6 Å². The van der Waals surface area contributed by atoms with Crippen molar-refractivity contribution in [1.29, 1.82) is 0 Å². The Bertz CT molecular complexity index is 887. The van der Waals surface area contributed by atoms with Crippen molar-refractivity contribution in [1.82, 2.24) is 15.4 Å². The minimum absolute atomic E-state index is 0.0179. The van der Waals surface area contributed by atoms with Crippen LogP contribution in [-0.4, -0.2) is 27.8 Å². The molecule has 0 amide bonds. The predicted molar refractivity (Wildman–Crippen MR) is 72.3 cm³/mol. The Morgan fingerprint density at radius 2 is 2.04 bits per heavy atom. The summed E-state index contributed by atoms with van der Waals surface area (Å²) in [5.41, 5.74) is 0.724. The number of halogens is 3. The van der Waals surface area contributed by atoms with Gasteiger partial charge in [0.15, 0.2) is 5.94 Å². The molecule has 0 saturated heterocycles. The number of carbonyl (C=O) groups excluding carboxylic acids is 1. The maximum absolute atomic E-state index is 12.7. The Kier molecular flexibility index (Phi) is 3.33. The van der Waals surface area contributed by atoms with Crippen molar-refractivity contribution < 1.29 is 18.0 Å². The van der Waals surface area contributed by atoms with Crippen LogP contribution in [0.4, 0.5) is 13.2 Å². The molecule has 3 N–H and O–H groups in total. The number of nitrogens with one attached hydrogen (secondary N) is 3. The number of aromatic nitrogens is 2. The van der Waals surface area contributed by atoms with Gasteiger partial charge in [-0.1, -0.05) is 0 Å². The van der Waals surface area contributed by atoms with E-state index in [0.29, 0.717) is 0 Å². The van der Waals surface area contributed by atoms with Crippen molar-refractivity contribution in [3.8, 4) is 0 Å². The van der Waals surface area contributed by atoms with Crippen LogP contribution >= 0.6 is 0 Å². The fourth-order valence-electron chi connectivity index (χ4n) is 2.45. The first-order valence-corrected chi connectivity index (χ1v) is 6.51. The van der Waals surface area contributed by atoms with E-state index in [0.717, 1.165) is 6.20 Å². The van der Waals surface area contributed by atoms with E-state index < -0.39 is 29.3 Å². The molecular formula is C13H9F3N4O3. The number of aromatic amines is 2. The molecule has 3 rings (SSSR count). The molecule has 2 aliphatic rings. The summed E-state index contributed by atoms with van der Waals surface area (Å²) in [6.07, 6.45) is -2.17. The second-order valence-corrected chi connectivity index (χ2v) is 5.16. The molecule has 0 radical (unpaired) electrons. The van der Waals surface area contributed by atoms with Crippen molar-refractivity contribution in [2.24, 2.45) is 16.9 Å². The number of alkyl halides is 3. The van der Waals surface area contributed by atoms with Crippen molar-refractivity contribution in [3.05, 3.63) is 49.9 Å². The molecule has 2 heterocycles. The third kappa shape index (κ3) is 2.76. The topological polar surface area (TPSA) is 107 Å². The summed E-state index contributed by atoms with van der Waals surface area (Å²) < 4.78 is 38.2. The zero-order valence-electron chi connectivity index (χ0n) is 11.3. The summed E-state index contributed by atoms with van der Waals surface area (Å²) in [6.45, 7) is 0. The summed E-state index contributed by atoms with van der Waals surface area (Å²) in [4.78, 5) is 37.8. The highest BCUT2D eigenvalue weighted by Gasteiger charge is 2.57. The molecule has 1 aromatic rings. The largest absolute Gasteiger partial charge is 0.392 e. The minimum Gasteiger partial charge on any atom is -0.313 e. The summed E-state index contributed by atoms with van der Waals surface area (Å²) in [5.74, 6) is -0.906. The van der Waals surface area contributed by atoms with Gasteiger partial charge in [0.1, 0.15) is 5.70 Å². The molecule has 120 valence electrons. The van der Waals surface area contributed by atoms with Crippen molar-refractivity contribution in [3.63, 3.8) is 0 Å². The Morgan fingerprint density at radius 3 is 2.61 bits per heavy atom. The maximum Gasteiger partial charge on any atom is 0.392 e. The summed E-state index contributed by atoms with van der Waals surface area (Å²) >= 11 is 0. The van der Waals surface area contributed by atoms with Crippen LogP contribution < -0.4 is 16.7 Å². The first-order chi connectivity index (χ1) is 10.8. The highest BCUT2D eigenvalue weighted by molar-refractivity contribution is 6.09. The van der Waals surface area contributed by atoms with E-state index >= 15 is 0 Å². The van der Waals surface area contributed by atoms with Crippen LogP contribution in [-0.2, 0) is 4.79 Å². The van der Waals surface area contributed by atoms with Gasteiger partial charge in [0, 0.05) is 6.20 Å². The van der Waals surface area contributed by atoms with Crippen molar-refractivity contribution >= 4 is 11.7 Å². The van der Waals surface area contributed by atoms with E-state index in [1.54, 1.807) is 0 Å². The van der Waals surface area contributed by atoms with E-state index in [1.165, 1.54) is 12.0 Å². The number of hydrazone groups is 1. The maximum atomic E-state index is 12.7. The Hall–Kier alpha value is -2.87. The standard InChI is InChI=1S/C13H9F3N4O3/c14-13(15,16)8-1-5(8)6-2-9(19-20-10(6)4-21)7-3-17-12(23)18-11(7)22/h2-3,5,8,20H,1H2,(H2,17,18,22,23)/t5-,8+/m0/s1. The number of H-pyrrole nitrogens is 2. The lowest BCUT2D eigenvalue weighted by Crippen LogP contribution is -2.29. The molecule has 0 spiro atoms. The monoisotopic (exact) mass is 326 g/mol. The molecule has 1 aliphatic carbocycles. The van der Waals surface area contributed by atoms with E-state index in [4.69, 9.17) is 0 Å². The van der Waals surface area contributed by atoms with E-state index in [-0.39, 0.29) is 29.0 Å². The zero-order chi connectivity index (χ0) is 16.8. The average Bonchev–Trinajstić information content (AvgIpc) is 3.27. The molecular weight excluding hydrogens is 317 g/mol. The molecule has 2 atom stereocenters. The molecule has 1 aromatic heterocycles. The van der Waals surface area contributed by atoms with Crippen LogP contribution in [0.3, 0.4) is 0 Å². The summed E-state index contributed by atoms with van der Waals surface area (Å²) in [7, 11) is 0. The van der Waals surface area contributed by atoms with Gasteiger partial charge in [0.25, 0.3) is 5.56 Å². The number of hydrogen-bond donors (Lipinski definition) is 3. The molecule has 1 fully saturated rings. The van der Waals surface area contributed by atoms with Gasteiger partial charge in [-0.25, -0.2) is 9.59 Å². The van der Waals surface area contributed by atoms with Gasteiger partial charge < -0.3 is 4.98 Å². The smallest absolute Gasteiger partial charge is 0.313 e. The molecule has 0 unspecified atom stereocenters. The minimum atomic E-state index is -4.36. The van der Waals surface area contributed by atoms with Gasteiger partial charge in [0.2, 0.25) is 0 Å². The van der Waals surface area contributed by atoms with E-state index in [1.807, 2.05) is 4.98 Å². The number of rotatable bonds is 2. The second kappa shape index (κ2) is 5.10. The lowest BCUT2D eigenvalue weighted by molar-refractivity contribution is -0.149. The lowest BCUT2D eigenvalue weighted by Gasteiger charge is -2.15. The number of hydrogen-bond acceptors (Lipinski definition) is 5. The molecule has 1 aliphatic heterocycles. The highest BCUT2D eigenvalue weighted by atomic mass is 19.4. The van der Waals surface area contributed by atoms with Gasteiger partial charge in [-0.15, -0.1) is 0 Å². The van der Waals surface area contributed by atoms with Crippen molar-refractivity contribution in [2.75, 3.05) is 0 Å². The fourth-order valence-corrected chi connectivity index (χ4v) is 2.45. The first kappa shape index (κ1) is 15.0. The molecule has 10 heteroatoms. The van der Waals surface area contributed by atoms with Gasteiger partial charge in [-0.3, -0.25) is 15.2 Å². The lowest BCUT2D eigenvalue weighted by atomic mass is 10.0. The van der Waals surface area contributed by atoms with Gasteiger partial charge >= 0.3 is 11.9 Å². The number of nitrogens with zero attached hydrogens (tertiary/aromatic N) is 1. The molecule has 1 saturated carbocycles. The third-order valence-corrected chi connectivity index (χ3v) is 3.68. The SMILES string of the molecule is O=C=C1NN=C(c2c[nH]c(=O)[nH]c2=O)C=C1[C@@H]1C[C@H]1C(F)(F)F. The van der Waals surface area contributed by atoms with E-state index in [2.05, 4.69) is 15.5 Å². The van der Waals surface area contributed by atoms with Crippen LogP contribution in [0.1, 0.15) is 12.0 Å². The van der Waals surface area contributed by atoms with E-state index in [9.17, 15) is 27.6 Å². The van der Waals surface area contributed by atoms with Crippen LogP contribution in [0.25, 0.3) is 0 Å². The van der Waals surface area contributed by atoms with Crippen LogP contribution in [0, 0.1) is 11.8 Å².